The van der Waals surface area contributed by atoms with Crippen LogP contribution in [0.15, 0.2) is 36.5 Å². The number of aromatic nitrogens is 1. The minimum Gasteiger partial charge on any atom is -0.491 e. The SMILES string of the molecule is CCCCOCCOc1cc(Cl)ccc1CC(=O)c1c[nH]c2c(C)c(F)ccc12. The van der Waals surface area contributed by atoms with E-state index in [4.69, 9.17) is 21.1 Å². The lowest BCUT2D eigenvalue weighted by molar-refractivity contribution is 0.0964. The third kappa shape index (κ3) is 5.17. The Hall–Kier alpha value is -2.37. The number of nitrogens with one attached hydrogen (secondary N) is 1. The molecule has 1 N–H and O–H groups in total. The summed E-state index contributed by atoms with van der Waals surface area (Å²) in [6, 6.07) is 8.27. The van der Waals surface area contributed by atoms with Crippen molar-refractivity contribution in [3.8, 4) is 5.75 Å². The predicted octanol–water partition coefficient (Wildman–Crippen LogP) is 5.89. The zero-order chi connectivity index (χ0) is 20.8. The molecule has 0 aliphatic heterocycles. The van der Waals surface area contributed by atoms with Gasteiger partial charge in [0.15, 0.2) is 5.78 Å². The molecule has 0 fully saturated rings. The van der Waals surface area contributed by atoms with E-state index in [1.807, 2.05) is 0 Å². The number of H-pyrrole nitrogens is 1. The van der Waals surface area contributed by atoms with Gasteiger partial charge in [0.1, 0.15) is 18.2 Å². The summed E-state index contributed by atoms with van der Waals surface area (Å²) in [6.45, 7) is 5.38. The van der Waals surface area contributed by atoms with Crippen molar-refractivity contribution < 1.29 is 18.7 Å². The Morgan fingerprint density at radius 3 is 2.79 bits per heavy atom. The number of carbonyl (C=O) groups excluding carboxylic acids is 1. The number of Topliss-reactive ketones (excluding diaryl/α,β-unsaturated/α-hetero) is 1. The molecule has 29 heavy (non-hydrogen) atoms. The summed E-state index contributed by atoms with van der Waals surface area (Å²) in [6.07, 6.45) is 3.90. The summed E-state index contributed by atoms with van der Waals surface area (Å²) in [4.78, 5) is 16.0. The van der Waals surface area contributed by atoms with Gasteiger partial charge in [-0.3, -0.25) is 4.79 Å². The topological polar surface area (TPSA) is 51.3 Å². The first-order chi connectivity index (χ1) is 14.0. The van der Waals surface area contributed by atoms with Crippen molar-refractivity contribution in [2.24, 2.45) is 0 Å². The van der Waals surface area contributed by atoms with E-state index in [0.29, 0.717) is 47.2 Å². The van der Waals surface area contributed by atoms with Crippen molar-refractivity contribution in [2.45, 2.75) is 33.1 Å². The summed E-state index contributed by atoms with van der Waals surface area (Å²) in [5, 5.41) is 1.26. The van der Waals surface area contributed by atoms with E-state index in [9.17, 15) is 9.18 Å². The van der Waals surface area contributed by atoms with E-state index >= 15 is 0 Å². The van der Waals surface area contributed by atoms with Crippen LogP contribution in [0.25, 0.3) is 10.9 Å². The Morgan fingerprint density at radius 1 is 1.17 bits per heavy atom. The number of benzene rings is 2. The van der Waals surface area contributed by atoms with E-state index in [2.05, 4.69) is 11.9 Å². The third-order valence-electron chi connectivity index (χ3n) is 4.86. The maximum atomic E-state index is 13.8. The van der Waals surface area contributed by atoms with Crippen LogP contribution in [0.1, 0.15) is 41.3 Å². The maximum Gasteiger partial charge on any atom is 0.169 e. The molecule has 4 nitrogen and oxygen atoms in total. The molecule has 0 unspecified atom stereocenters. The van der Waals surface area contributed by atoms with Gasteiger partial charge in [0.25, 0.3) is 0 Å². The van der Waals surface area contributed by atoms with Crippen LogP contribution in [0.3, 0.4) is 0 Å². The molecule has 0 atom stereocenters. The Labute approximate surface area is 175 Å². The van der Waals surface area contributed by atoms with Gasteiger partial charge < -0.3 is 14.5 Å². The normalized spacial score (nSPS) is 11.2. The molecule has 0 saturated carbocycles. The number of ether oxygens (including phenoxy) is 2. The maximum absolute atomic E-state index is 13.8. The Bertz CT molecular complexity index is 999. The molecule has 0 amide bonds. The lowest BCUT2D eigenvalue weighted by Crippen LogP contribution is -2.10. The van der Waals surface area contributed by atoms with Crippen LogP contribution in [-0.2, 0) is 11.2 Å². The highest BCUT2D eigenvalue weighted by atomic mass is 35.5. The molecule has 0 saturated heterocycles. The molecule has 1 aromatic heterocycles. The molecule has 0 aliphatic carbocycles. The number of halogens is 2. The van der Waals surface area contributed by atoms with Crippen LogP contribution in [0.4, 0.5) is 4.39 Å². The van der Waals surface area contributed by atoms with E-state index in [1.54, 1.807) is 37.4 Å². The third-order valence-corrected chi connectivity index (χ3v) is 5.09. The second-order valence-electron chi connectivity index (χ2n) is 6.96. The first-order valence-electron chi connectivity index (χ1n) is 9.79. The molecular weight excluding hydrogens is 393 g/mol. The molecule has 6 heteroatoms. The molecule has 0 spiro atoms. The van der Waals surface area contributed by atoms with Gasteiger partial charge in [-0.25, -0.2) is 4.39 Å². The standard InChI is InChI=1S/C23H25ClFNO3/c1-3-4-9-28-10-11-29-22-13-17(24)6-5-16(22)12-21(27)19-14-26-23-15(2)20(25)8-7-18(19)23/h5-8,13-14,26H,3-4,9-12H2,1-2H3. The molecule has 0 bridgehead atoms. The second kappa shape index (κ2) is 9.90. The zero-order valence-corrected chi connectivity index (χ0v) is 17.4. The Kier molecular flexibility index (Phi) is 7.29. The number of aromatic amines is 1. The summed E-state index contributed by atoms with van der Waals surface area (Å²) in [7, 11) is 0. The van der Waals surface area contributed by atoms with Gasteiger partial charge >= 0.3 is 0 Å². The number of carbonyl (C=O) groups is 1. The van der Waals surface area contributed by atoms with Crippen LogP contribution >= 0.6 is 11.6 Å². The molecular formula is C23H25ClFNO3. The number of aryl methyl sites for hydroxylation is 1. The number of ketones is 1. The fourth-order valence-electron chi connectivity index (χ4n) is 3.19. The van der Waals surface area contributed by atoms with Crippen LogP contribution in [0.2, 0.25) is 5.02 Å². The van der Waals surface area contributed by atoms with Gasteiger partial charge in [-0.1, -0.05) is 31.0 Å². The summed E-state index contributed by atoms with van der Waals surface area (Å²) in [5.41, 5.74) is 2.43. The van der Waals surface area contributed by atoms with Gasteiger partial charge in [0.2, 0.25) is 0 Å². The molecule has 0 radical (unpaired) electrons. The summed E-state index contributed by atoms with van der Waals surface area (Å²) in [5.74, 6) is 0.202. The van der Waals surface area contributed by atoms with Gasteiger partial charge in [0, 0.05) is 46.3 Å². The smallest absolute Gasteiger partial charge is 0.169 e. The van der Waals surface area contributed by atoms with Crippen molar-refractivity contribution in [1.29, 1.82) is 0 Å². The number of rotatable bonds is 10. The van der Waals surface area contributed by atoms with Crippen molar-refractivity contribution >= 4 is 28.3 Å². The van der Waals surface area contributed by atoms with Gasteiger partial charge in [-0.2, -0.15) is 0 Å². The van der Waals surface area contributed by atoms with Gasteiger partial charge in [-0.15, -0.1) is 0 Å². The Morgan fingerprint density at radius 2 is 2.00 bits per heavy atom. The highest BCUT2D eigenvalue weighted by Gasteiger charge is 2.17. The molecule has 1 heterocycles. The van der Waals surface area contributed by atoms with Crippen molar-refractivity contribution in [3.05, 3.63) is 64.1 Å². The van der Waals surface area contributed by atoms with Crippen LogP contribution < -0.4 is 4.74 Å². The second-order valence-corrected chi connectivity index (χ2v) is 7.40. The van der Waals surface area contributed by atoms with Crippen LogP contribution in [0.5, 0.6) is 5.75 Å². The van der Waals surface area contributed by atoms with Crippen molar-refractivity contribution in [2.75, 3.05) is 19.8 Å². The lowest BCUT2D eigenvalue weighted by Gasteiger charge is -2.12. The largest absolute Gasteiger partial charge is 0.491 e. The average Bonchev–Trinajstić information content (AvgIpc) is 3.14. The number of hydrogen-bond acceptors (Lipinski definition) is 3. The quantitative estimate of drug-likeness (QED) is 0.330. The first kappa shape index (κ1) is 21.3. The zero-order valence-electron chi connectivity index (χ0n) is 16.7. The van der Waals surface area contributed by atoms with Crippen LogP contribution in [0, 0.1) is 12.7 Å². The number of fused-ring (bicyclic) bond motifs is 1. The van der Waals surface area contributed by atoms with E-state index < -0.39 is 0 Å². The lowest BCUT2D eigenvalue weighted by atomic mass is 10.0. The monoisotopic (exact) mass is 417 g/mol. The fourth-order valence-corrected chi connectivity index (χ4v) is 3.35. The molecule has 3 rings (SSSR count). The van der Waals surface area contributed by atoms with Crippen molar-refractivity contribution in [3.63, 3.8) is 0 Å². The minimum atomic E-state index is -0.298. The molecule has 0 aliphatic rings. The molecule has 154 valence electrons. The van der Waals surface area contributed by atoms with Gasteiger partial charge in [0.05, 0.1) is 12.1 Å². The summed E-state index contributed by atoms with van der Waals surface area (Å²) >= 11 is 6.11. The van der Waals surface area contributed by atoms with E-state index in [1.165, 1.54) is 6.07 Å². The Balaban J connectivity index is 1.73. The highest BCUT2D eigenvalue weighted by molar-refractivity contribution is 6.30. The number of hydrogen-bond donors (Lipinski definition) is 1. The average molecular weight is 418 g/mol. The van der Waals surface area contributed by atoms with Crippen molar-refractivity contribution in [1.82, 2.24) is 4.98 Å². The fraction of sp³-hybridized carbons (Fsp3) is 0.348. The minimum absolute atomic E-state index is 0.0753. The first-order valence-corrected chi connectivity index (χ1v) is 10.2. The predicted molar refractivity (Wildman–Crippen MR) is 114 cm³/mol. The molecule has 3 aromatic rings. The van der Waals surface area contributed by atoms with E-state index in [0.717, 1.165) is 23.8 Å². The molecule has 2 aromatic carbocycles. The van der Waals surface area contributed by atoms with Crippen LogP contribution in [-0.4, -0.2) is 30.6 Å². The van der Waals surface area contributed by atoms with Gasteiger partial charge in [-0.05, 0) is 37.6 Å². The van der Waals surface area contributed by atoms with E-state index in [-0.39, 0.29) is 18.0 Å². The summed E-state index contributed by atoms with van der Waals surface area (Å²) < 4.78 is 25.1. The number of unbranched alkanes of at least 4 members (excludes halogenated alkanes) is 1. The highest BCUT2D eigenvalue weighted by Crippen LogP contribution is 2.28.